The van der Waals surface area contributed by atoms with Crippen molar-refractivity contribution >= 4 is 34.8 Å². The Kier molecular flexibility index (Phi) is 5.70. The number of carbonyl (C=O) groups excluding carboxylic acids is 2. The minimum atomic E-state index is -0.854. The topological polar surface area (TPSA) is 95.4 Å². The molecule has 0 unspecified atom stereocenters. The highest BCUT2D eigenvalue weighted by Crippen LogP contribution is 2.08. The Morgan fingerprint density at radius 2 is 1.83 bits per heavy atom. The number of benzene rings is 1. The molecule has 7 nitrogen and oxygen atoms in total. The Balaban J connectivity index is 1.71. The smallest absolute Gasteiger partial charge is 0.328 e. The number of amides is 2. The number of anilines is 1. The monoisotopic (exact) mass is 332 g/mol. The van der Waals surface area contributed by atoms with Crippen LogP contribution in [-0.2, 0) is 16.1 Å². The molecule has 1 aromatic heterocycles. The molecule has 23 heavy (non-hydrogen) atoms. The average molecular weight is 332 g/mol. The molecule has 0 fully saturated rings. The van der Waals surface area contributed by atoms with Crippen molar-refractivity contribution in [3.05, 3.63) is 54.0 Å². The summed E-state index contributed by atoms with van der Waals surface area (Å²) in [7, 11) is 0. The predicted molar refractivity (Wildman–Crippen MR) is 89.2 cm³/mol. The van der Waals surface area contributed by atoms with Crippen molar-refractivity contribution in [3.63, 3.8) is 0 Å². The van der Waals surface area contributed by atoms with E-state index in [1.807, 2.05) is 19.1 Å². The van der Waals surface area contributed by atoms with Gasteiger partial charge in [0.1, 0.15) is 5.76 Å². The maximum absolute atomic E-state index is 11.7. The molecule has 1 heterocycles. The maximum atomic E-state index is 11.7. The number of hydrazine groups is 1. The third-order valence-electron chi connectivity index (χ3n) is 2.81. The lowest BCUT2D eigenvalue weighted by Gasteiger charge is -2.10. The summed E-state index contributed by atoms with van der Waals surface area (Å²) in [6.07, 6.45) is 1.55. The van der Waals surface area contributed by atoms with Gasteiger partial charge in [-0.2, -0.15) is 0 Å². The molecular weight excluding hydrogens is 316 g/mol. The summed E-state index contributed by atoms with van der Waals surface area (Å²) in [6.45, 7) is 2.29. The Hall–Kier alpha value is -2.87. The number of carbonyl (C=O) groups is 2. The molecule has 4 N–H and O–H groups in total. The summed E-state index contributed by atoms with van der Waals surface area (Å²) in [6, 6.07) is 10.6. The summed E-state index contributed by atoms with van der Waals surface area (Å²) < 4.78 is 5.12. The van der Waals surface area contributed by atoms with Crippen LogP contribution in [0.3, 0.4) is 0 Å². The van der Waals surface area contributed by atoms with Crippen molar-refractivity contribution in [1.82, 2.24) is 16.2 Å². The van der Waals surface area contributed by atoms with Gasteiger partial charge in [0.05, 0.1) is 12.8 Å². The van der Waals surface area contributed by atoms with Crippen molar-refractivity contribution in [1.29, 1.82) is 0 Å². The van der Waals surface area contributed by atoms with E-state index in [1.165, 1.54) is 0 Å². The number of hydrogen-bond donors (Lipinski definition) is 4. The number of rotatable bonds is 3. The highest BCUT2D eigenvalue weighted by atomic mass is 32.1. The molecule has 0 saturated heterocycles. The Labute approximate surface area is 138 Å². The number of aryl methyl sites for hydroxylation is 1. The van der Waals surface area contributed by atoms with Gasteiger partial charge in [-0.1, -0.05) is 17.7 Å². The molecule has 2 amide bonds. The first-order valence-electron chi connectivity index (χ1n) is 6.79. The van der Waals surface area contributed by atoms with Gasteiger partial charge >= 0.3 is 11.8 Å². The highest BCUT2D eigenvalue weighted by molar-refractivity contribution is 7.80. The predicted octanol–water partition coefficient (Wildman–Crippen LogP) is 1.22. The second kappa shape index (κ2) is 7.95. The van der Waals surface area contributed by atoms with E-state index in [4.69, 9.17) is 16.6 Å². The summed E-state index contributed by atoms with van der Waals surface area (Å²) in [5, 5.41) is 5.46. The fourth-order valence-electron chi connectivity index (χ4n) is 1.62. The largest absolute Gasteiger partial charge is 0.467 e. The molecule has 1 aromatic carbocycles. The zero-order chi connectivity index (χ0) is 16.7. The van der Waals surface area contributed by atoms with Crippen LogP contribution in [-0.4, -0.2) is 16.9 Å². The van der Waals surface area contributed by atoms with E-state index in [2.05, 4.69) is 21.5 Å². The second-order valence-corrected chi connectivity index (χ2v) is 5.07. The first-order chi connectivity index (χ1) is 11.0. The van der Waals surface area contributed by atoms with Crippen LogP contribution in [0.15, 0.2) is 47.1 Å². The lowest BCUT2D eigenvalue weighted by atomic mass is 10.2. The zero-order valence-electron chi connectivity index (χ0n) is 12.4. The van der Waals surface area contributed by atoms with E-state index in [-0.39, 0.29) is 5.11 Å². The van der Waals surface area contributed by atoms with E-state index in [0.29, 0.717) is 18.0 Å². The molecule has 0 saturated carbocycles. The summed E-state index contributed by atoms with van der Waals surface area (Å²) in [5.74, 6) is -0.958. The lowest BCUT2D eigenvalue weighted by Crippen LogP contribution is -2.49. The molecule has 0 bridgehead atoms. The SMILES string of the molecule is Cc1ccc(NC(=O)C(=O)NNC(=S)NCc2ccco2)cc1. The normalized spacial score (nSPS) is 9.78. The average Bonchev–Trinajstić information content (AvgIpc) is 3.06. The fraction of sp³-hybridized carbons (Fsp3) is 0.133. The van der Waals surface area contributed by atoms with Crippen LogP contribution in [0, 0.1) is 6.92 Å². The molecule has 8 heteroatoms. The lowest BCUT2D eigenvalue weighted by molar-refractivity contribution is -0.136. The molecule has 0 radical (unpaired) electrons. The summed E-state index contributed by atoms with van der Waals surface area (Å²) in [5.41, 5.74) is 6.24. The molecule has 2 aromatic rings. The van der Waals surface area contributed by atoms with Crippen LogP contribution in [0.2, 0.25) is 0 Å². The van der Waals surface area contributed by atoms with E-state index < -0.39 is 11.8 Å². The number of hydrogen-bond acceptors (Lipinski definition) is 4. The van der Waals surface area contributed by atoms with Gasteiger partial charge in [0.25, 0.3) is 0 Å². The number of thiocarbonyl (C=S) groups is 1. The Bertz CT molecular complexity index is 683. The van der Waals surface area contributed by atoms with Gasteiger partial charge in [0.2, 0.25) is 0 Å². The zero-order valence-corrected chi connectivity index (χ0v) is 13.2. The molecule has 0 spiro atoms. The van der Waals surface area contributed by atoms with Gasteiger partial charge in [-0.05, 0) is 43.4 Å². The van der Waals surface area contributed by atoms with Crippen molar-refractivity contribution in [2.75, 3.05) is 5.32 Å². The van der Waals surface area contributed by atoms with Crippen LogP contribution in [0.1, 0.15) is 11.3 Å². The standard InChI is InChI=1S/C15H16N4O3S/c1-10-4-6-11(7-5-10)17-13(20)14(21)18-19-15(23)16-9-12-3-2-8-22-12/h2-8H,9H2,1H3,(H,17,20)(H,18,21)(H2,16,19,23). The number of furan rings is 1. The molecule has 0 aliphatic carbocycles. The molecule has 120 valence electrons. The van der Waals surface area contributed by atoms with Crippen LogP contribution >= 0.6 is 12.2 Å². The molecule has 2 rings (SSSR count). The third kappa shape index (κ3) is 5.44. The van der Waals surface area contributed by atoms with Crippen molar-refractivity contribution in [2.45, 2.75) is 13.5 Å². The van der Waals surface area contributed by atoms with E-state index >= 15 is 0 Å². The van der Waals surface area contributed by atoms with E-state index in [1.54, 1.807) is 30.5 Å². The van der Waals surface area contributed by atoms with Crippen LogP contribution in [0.5, 0.6) is 0 Å². The van der Waals surface area contributed by atoms with Crippen LogP contribution < -0.4 is 21.5 Å². The maximum Gasteiger partial charge on any atom is 0.328 e. The van der Waals surface area contributed by atoms with Gasteiger partial charge in [0.15, 0.2) is 5.11 Å². The van der Waals surface area contributed by atoms with Gasteiger partial charge in [0, 0.05) is 5.69 Å². The van der Waals surface area contributed by atoms with Crippen LogP contribution in [0.4, 0.5) is 5.69 Å². The quantitative estimate of drug-likeness (QED) is 0.383. The minimum Gasteiger partial charge on any atom is -0.467 e. The summed E-state index contributed by atoms with van der Waals surface area (Å²) >= 11 is 4.97. The first kappa shape index (κ1) is 16.5. The molecule has 0 atom stereocenters. The van der Waals surface area contributed by atoms with E-state index in [9.17, 15) is 9.59 Å². The van der Waals surface area contributed by atoms with Crippen LogP contribution in [0.25, 0.3) is 0 Å². The van der Waals surface area contributed by atoms with Gasteiger partial charge in [-0.25, -0.2) is 0 Å². The van der Waals surface area contributed by atoms with Crippen molar-refractivity contribution < 1.29 is 14.0 Å². The van der Waals surface area contributed by atoms with E-state index in [0.717, 1.165) is 5.56 Å². The van der Waals surface area contributed by atoms with Gasteiger partial charge in [-0.15, -0.1) is 0 Å². The Morgan fingerprint density at radius 3 is 2.48 bits per heavy atom. The van der Waals surface area contributed by atoms with Crippen molar-refractivity contribution in [2.24, 2.45) is 0 Å². The highest BCUT2D eigenvalue weighted by Gasteiger charge is 2.13. The second-order valence-electron chi connectivity index (χ2n) is 4.66. The minimum absolute atomic E-state index is 0.165. The molecule has 0 aliphatic heterocycles. The Morgan fingerprint density at radius 1 is 1.09 bits per heavy atom. The van der Waals surface area contributed by atoms with Crippen molar-refractivity contribution in [3.8, 4) is 0 Å². The fourth-order valence-corrected chi connectivity index (χ4v) is 1.74. The van der Waals surface area contributed by atoms with Gasteiger partial charge < -0.3 is 15.1 Å². The third-order valence-corrected chi connectivity index (χ3v) is 3.05. The number of nitrogens with one attached hydrogen (secondary N) is 4. The molecular formula is C15H16N4O3S. The first-order valence-corrected chi connectivity index (χ1v) is 7.19. The van der Waals surface area contributed by atoms with Gasteiger partial charge in [-0.3, -0.25) is 20.4 Å². The molecule has 0 aliphatic rings. The summed E-state index contributed by atoms with van der Waals surface area (Å²) in [4.78, 5) is 23.4.